The molecule has 4 atom stereocenters. The molecule has 0 aliphatic heterocycles. The first-order chi connectivity index (χ1) is 14.9. The molecular weight excluding hydrogens is 394 g/mol. The van der Waals surface area contributed by atoms with Crippen LogP contribution in [0.15, 0.2) is 24.3 Å². The van der Waals surface area contributed by atoms with Gasteiger partial charge in [0.1, 0.15) is 5.75 Å². The molecule has 6 nitrogen and oxygen atoms in total. The van der Waals surface area contributed by atoms with Gasteiger partial charge in [0.05, 0.1) is 25.2 Å². The van der Waals surface area contributed by atoms with Gasteiger partial charge in [0.25, 0.3) is 5.91 Å². The van der Waals surface area contributed by atoms with Crippen LogP contribution in [0.1, 0.15) is 70.5 Å². The van der Waals surface area contributed by atoms with Gasteiger partial charge in [-0.05, 0) is 55.2 Å². The monoisotopic (exact) mass is 435 g/mol. The molecule has 1 N–H and O–H groups in total. The van der Waals surface area contributed by atoms with E-state index in [0.29, 0.717) is 12.5 Å². The molecule has 0 radical (unpaired) electrons. The van der Waals surface area contributed by atoms with Crippen LogP contribution in [0.5, 0.6) is 5.75 Å². The number of rotatable bonds is 12. The molecule has 1 saturated carbocycles. The molecule has 0 spiro atoms. The summed E-state index contributed by atoms with van der Waals surface area (Å²) in [6.07, 6.45) is 7.62. The number of methoxy groups -OCH3 is 1. The van der Waals surface area contributed by atoms with Gasteiger partial charge in [-0.15, -0.1) is 0 Å². The average molecular weight is 436 g/mol. The maximum Gasteiger partial charge on any atom is 0.251 e. The third-order valence-corrected chi connectivity index (χ3v) is 6.69. The van der Waals surface area contributed by atoms with Gasteiger partial charge in [0.2, 0.25) is 0 Å². The molecule has 6 heteroatoms. The van der Waals surface area contributed by atoms with Gasteiger partial charge in [-0.2, -0.15) is 0 Å². The van der Waals surface area contributed by atoms with E-state index in [4.69, 9.17) is 14.3 Å². The van der Waals surface area contributed by atoms with Crippen molar-refractivity contribution in [2.24, 2.45) is 17.8 Å². The zero-order valence-corrected chi connectivity index (χ0v) is 19.9. The van der Waals surface area contributed by atoms with Gasteiger partial charge in [0, 0.05) is 20.8 Å². The molecule has 176 valence electrons. The van der Waals surface area contributed by atoms with E-state index in [1.54, 1.807) is 26.3 Å². The zero-order valence-electron chi connectivity index (χ0n) is 19.9. The molecule has 1 aromatic carbocycles. The minimum absolute atomic E-state index is 0.0701. The first-order valence-electron chi connectivity index (χ1n) is 11.6. The molecular formula is C25H41NO5. The number of nitrogens with zero attached hydrogens (tertiary/aromatic N) is 1. The van der Waals surface area contributed by atoms with Gasteiger partial charge in [-0.25, -0.2) is 5.06 Å². The highest BCUT2D eigenvalue weighted by Gasteiger charge is 2.33. The topological polar surface area (TPSA) is 68.2 Å². The molecule has 0 aromatic heterocycles. The molecule has 1 aliphatic rings. The number of hydroxylamine groups is 2. The Morgan fingerprint density at radius 2 is 1.87 bits per heavy atom. The van der Waals surface area contributed by atoms with E-state index in [-0.39, 0.29) is 35.7 Å². The molecule has 1 amide bonds. The lowest BCUT2D eigenvalue weighted by atomic mass is 9.86. The van der Waals surface area contributed by atoms with Gasteiger partial charge >= 0.3 is 0 Å². The number of phenolic OH excluding ortho intramolecular Hbond substituents is 1. The average Bonchev–Trinajstić information content (AvgIpc) is 2.79. The first kappa shape index (κ1) is 25.6. The van der Waals surface area contributed by atoms with Crippen LogP contribution >= 0.6 is 0 Å². The molecule has 0 heterocycles. The van der Waals surface area contributed by atoms with Gasteiger partial charge in [-0.3, -0.25) is 9.63 Å². The van der Waals surface area contributed by atoms with Crippen LogP contribution in [0.4, 0.5) is 0 Å². The Labute approximate surface area is 187 Å². The lowest BCUT2D eigenvalue weighted by molar-refractivity contribution is -0.179. The highest BCUT2D eigenvalue weighted by atomic mass is 16.7. The van der Waals surface area contributed by atoms with E-state index in [2.05, 4.69) is 6.92 Å². The number of phenols is 1. The fourth-order valence-corrected chi connectivity index (χ4v) is 4.64. The molecule has 31 heavy (non-hydrogen) atoms. The zero-order chi connectivity index (χ0) is 22.8. The van der Waals surface area contributed by atoms with Crippen molar-refractivity contribution < 1.29 is 24.2 Å². The molecule has 2 rings (SSSR count). The molecule has 0 unspecified atom stereocenters. The van der Waals surface area contributed by atoms with Crippen LogP contribution in [0.3, 0.4) is 0 Å². The number of benzene rings is 1. The lowest BCUT2D eigenvalue weighted by Crippen LogP contribution is -2.41. The predicted octanol–water partition coefficient (Wildman–Crippen LogP) is 5.12. The molecule has 1 aliphatic carbocycles. The van der Waals surface area contributed by atoms with E-state index < -0.39 is 0 Å². The van der Waals surface area contributed by atoms with Crippen molar-refractivity contribution in [1.29, 1.82) is 0 Å². The summed E-state index contributed by atoms with van der Waals surface area (Å²) >= 11 is 0. The summed E-state index contributed by atoms with van der Waals surface area (Å²) in [7, 11) is 4.84. The van der Waals surface area contributed by atoms with Gasteiger partial charge in [0.15, 0.2) is 0 Å². The van der Waals surface area contributed by atoms with Crippen molar-refractivity contribution in [1.82, 2.24) is 5.06 Å². The lowest BCUT2D eigenvalue weighted by Gasteiger charge is -2.33. The van der Waals surface area contributed by atoms with Crippen LogP contribution < -0.4 is 0 Å². The Morgan fingerprint density at radius 3 is 2.48 bits per heavy atom. The number of hydrogen-bond donors (Lipinski definition) is 1. The second-order valence-electron chi connectivity index (χ2n) is 8.98. The normalized spacial score (nSPS) is 18.9. The Bertz CT molecular complexity index is 661. The van der Waals surface area contributed by atoms with E-state index in [1.807, 2.05) is 19.1 Å². The highest BCUT2D eigenvalue weighted by Crippen LogP contribution is 2.31. The summed E-state index contributed by atoms with van der Waals surface area (Å²) in [6, 6.07) is 7.20. The quantitative estimate of drug-likeness (QED) is 0.462. The first-order valence-corrected chi connectivity index (χ1v) is 11.6. The summed E-state index contributed by atoms with van der Waals surface area (Å²) < 4.78 is 12.1. The minimum atomic E-state index is -0.301. The molecule has 1 aromatic rings. The van der Waals surface area contributed by atoms with Crippen molar-refractivity contribution in [3.8, 4) is 5.75 Å². The number of amides is 1. The largest absolute Gasteiger partial charge is 0.508 e. The van der Waals surface area contributed by atoms with Crippen LogP contribution in [0.2, 0.25) is 0 Å². The predicted molar refractivity (Wildman–Crippen MR) is 122 cm³/mol. The summed E-state index contributed by atoms with van der Waals surface area (Å²) in [5.41, 5.74) is 0.956. The SMILES string of the molecule is CO[C@@H](CC[C@H](C)[C@@H](OCC1CCCCC1)[C@@H](C)C(=O)N(C)OC)c1cccc(O)c1. The fourth-order valence-electron chi connectivity index (χ4n) is 4.64. The Kier molecular flexibility index (Phi) is 10.8. The molecule has 0 saturated heterocycles. The third-order valence-electron chi connectivity index (χ3n) is 6.69. The van der Waals surface area contributed by atoms with E-state index >= 15 is 0 Å². The number of ether oxygens (including phenoxy) is 2. The fraction of sp³-hybridized carbons (Fsp3) is 0.720. The van der Waals surface area contributed by atoms with Crippen LogP contribution in [-0.4, -0.2) is 50.1 Å². The van der Waals surface area contributed by atoms with Crippen molar-refractivity contribution in [3.63, 3.8) is 0 Å². The summed E-state index contributed by atoms with van der Waals surface area (Å²) in [6.45, 7) is 4.80. The number of aromatic hydroxyl groups is 1. The second-order valence-corrected chi connectivity index (χ2v) is 8.98. The number of hydrogen-bond acceptors (Lipinski definition) is 5. The third kappa shape index (κ3) is 7.78. The van der Waals surface area contributed by atoms with Gasteiger partial charge < -0.3 is 14.6 Å². The van der Waals surface area contributed by atoms with Crippen molar-refractivity contribution in [3.05, 3.63) is 29.8 Å². The summed E-state index contributed by atoms with van der Waals surface area (Å²) in [5.74, 6) is 0.625. The smallest absolute Gasteiger partial charge is 0.251 e. The van der Waals surface area contributed by atoms with E-state index in [9.17, 15) is 9.90 Å². The maximum atomic E-state index is 12.8. The number of carbonyl (C=O) groups is 1. The number of carbonyl (C=O) groups excluding carboxylic acids is 1. The standard InChI is InChI=1S/C25H41NO5/c1-18(14-15-23(29-4)21-12-9-13-22(27)16-21)24(19(2)25(28)26(3)30-5)31-17-20-10-7-6-8-11-20/h9,12-13,16,18-20,23-24,27H,6-8,10-11,14-15,17H2,1-5H3/t18-,19+,23-,24+/m0/s1. The molecule has 0 bridgehead atoms. The minimum Gasteiger partial charge on any atom is -0.508 e. The van der Waals surface area contributed by atoms with Crippen LogP contribution in [0, 0.1) is 17.8 Å². The Morgan fingerprint density at radius 1 is 1.16 bits per heavy atom. The van der Waals surface area contributed by atoms with Gasteiger partial charge in [-0.1, -0.05) is 45.2 Å². The van der Waals surface area contributed by atoms with Crippen LogP contribution in [-0.2, 0) is 19.1 Å². The van der Waals surface area contributed by atoms with Crippen molar-refractivity contribution >= 4 is 5.91 Å². The highest BCUT2D eigenvalue weighted by molar-refractivity contribution is 5.77. The van der Waals surface area contributed by atoms with E-state index in [0.717, 1.165) is 18.4 Å². The maximum absolute atomic E-state index is 12.8. The van der Waals surface area contributed by atoms with Crippen molar-refractivity contribution in [2.45, 2.75) is 71.0 Å². The van der Waals surface area contributed by atoms with E-state index in [1.165, 1.54) is 44.3 Å². The summed E-state index contributed by atoms with van der Waals surface area (Å²) in [4.78, 5) is 17.9. The summed E-state index contributed by atoms with van der Waals surface area (Å²) in [5, 5.41) is 11.1. The Balaban J connectivity index is 2.04. The molecule has 1 fully saturated rings. The second kappa shape index (κ2) is 13.0. The Hall–Kier alpha value is -1.63. The van der Waals surface area contributed by atoms with Crippen molar-refractivity contribution in [2.75, 3.05) is 27.9 Å². The van der Waals surface area contributed by atoms with Crippen LogP contribution in [0.25, 0.3) is 0 Å².